The SMILES string of the molecule is O=C(Cc1cccc2ccccc12)NCC(=O)N1CCN(c2ncccc2Cl)CC1. The minimum Gasteiger partial charge on any atom is -0.352 e. The molecular weight excluding hydrogens is 400 g/mol. The van der Waals surface area contributed by atoms with Crippen molar-refractivity contribution < 1.29 is 9.59 Å². The van der Waals surface area contributed by atoms with Crippen molar-refractivity contribution in [2.45, 2.75) is 6.42 Å². The highest BCUT2D eigenvalue weighted by Gasteiger charge is 2.23. The Morgan fingerprint density at radius 2 is 1.73 bits per heavy atom. The van der Waals surface area contributed by atoms with Crippen molar-refractivity contribution in [1.29, 1.82) is 0 Å². The van der Waals surface area contributed by atoms with Gasteiger partial charge in [0.2, 0.25) is 11.8 Å². The van der Waals surface area contributed by atoms with Gasteiger partial charge < -0.3 is 15.1 Å². The van der Waals surface area contributed by atoms with Crippen LogP contribution in [-0.4, -0.2) is 54.4 Å². The number of anilines is 1. The molecule has 1 saturated heterocycles. The normalized spacial score (nSPS) is 14.0. The van der Waals surface area contributed by atoms with Gasteiger partial charge in [0, 0.05) is 32.4 Å². The Hall–Kier alpha value is -3.12. The molecule has 0 saturated carbocycles. The molecule has 1 aliphatic heterocycles. The zero-order chi connectivity index (χ0) is 20.9. The topological polar surface area (TPSA) is 65.5 Å². The summed E-state index contributed by atoms with van der Waals surface area (Å²) in [6.07, 6.45) is 1.96. The van der Waals surface area contributed by atoms with Gasteiger partial charge in [-0.1, -0.05) is 54.1 Å². The van der Waals surface area contributed by atoms with E-state index in [-0.39, 0.29) is 24.8 Å². The Balaban J connectivity index is 1.28. The number of halogens is 1. The van der Waals surface area contributed by atoms with Crippen LogP contribution in [-0.2, 0) is 16.0 Å². The molecule has 4 rings (SSSR count). The Labute approximate surface area is 180 Å². The summed E-state index contributed by atoms with van der Waals surface area (Å²) in [5.41, 5.74) is 0.957. The lowest BCUT2D eigenvalue weighted by molar-refractivity contribution is -0.133. The summed E-state index contributed by atoms with van der Waals surface area (Å²) in [6.45, 7) is 2.47. The second-order valence-electron chi connectivity index (χ2n) is 7.27. The molecule has 30 heavy (non-hydrogen) atoms. The van der Waals surface area contributed by atoms with Crippen molar-refractivity contribution in [3.63, 3.8) is 0 Å². The lowest BCUT2D eigenvalue weighted by atomic mass is 10.0. The molecule has 154 valence electrons. The number of aromatic nitrogens is 1. The first-order valence-corrected chi connectivity index (χ1v) is 10.4. The molecule has 7 heteroatoms. The first-order chi connectivity index (χ1) is 14.6. The number of fused-ring (bicyclic) bond motifs is 1. The summed E-state index contributed by atoms with van der Waals surface area (Å²) in [5.74, 6) is 0.515. The van der Waals surface area contributed by atoms with Crippen molar-refractivity contribution in [1.82, 2.24) is 15.2 Å². The highest BCUT2D eigenvalue weighted by molar-refractivity contribution is 6.32. The van der Waals surface area contributed by atoms with Crippen LogP contribution in [0, 0.1) is 0 Å². The van der Waals surface area contributed by atoms with Crippen LogP contribution in [0.4, 0.5) is 5.82 Å². The van der Waals surface area contributed by atoms with E-state index in [9.17, 15) is 9.59 Å². The Morgan fingerprint density at radius 1 is 0.967 bits per heavy atom. The number of benzene rings is 2. The largest absolute Gasteiger partial charge is 0.352 e. The molecule has 0 radical (unpaired) electrons. The summed E-state index contributed by atoms with van der Waals surface area (Å²) in [6, 6.07) is 17.5. The maximum absolute atomic E-state index is 12.5. The van der Waals surface area contributed by atoms with Gasteiger partial charge in [0.25, 0.3) is 0 Å². The molecule has 0 spiro atoms. The Kier molecular flexibility index (Phi) is 6.14. The van der Waals surface area contributed by atoms with E-state index in [1.54, 1.807) is 17.2 Å². The molecular formula is C23H23ClN4O2. The summed E-state index contributed by atoms with van der Waals surface area (Å²) < 4.78 is 0. The van der Waals surface area contributed by atoms with Crippen molar-refractivity contribution in [3.8, 4) is 0 Å². The van der Waals surface area contributed by atoms with Crippen LogP contribution in [0.25, 0.3) is 10.8 Å². The van der Waals surface area contributed by atoms with Crippen LogP contribution < -0.4 is 10.2 Å². The summed E-state index contributed by atoms with van der Waals surface area (Å²) in [4.78, 5) is 33.1. The predicted molar refractivity (Wildman–Crippen MR) is 119 cm³/mol. The fourth-order valence-corrected chi connectivity index (χ4v) is 3.99. The van der Waals surface area contributed by atoms with E-state index in [4.69, 9.17) is 11.6 Å². The summed E-state index contributed by atoms with van der Waals surface area (Å²) in [7, 11) is 0. The number of nitrogens with zero attached hydrogens (tertiary/aromatic N) is 3. The van der Waals surface area contributed by atoms with E-state index in [0.717, 1.165) is 22.2 Å². The van der Waals surface area contributed by atoms with Gasteiger partial charge in [-0.2, -0.15) is 0 Å². The quantitative estimate of drug-likeness (QED) is 0.686. The smallest absolute Gasteiger partial charge is 0.242 e. The average Bonchev–Trinajstić information content (AvgIpc) is 2.78. The molecule has 0 bridgehead atoms. The minimum atomic E-state index is -0.154. The van der Waals surface area contributed by atoms with Gasteiger partial charge in [0.15, 0.2) is 0 Å². The third kappa shape index (κ3) is 4.54. The zero-order valence-electron chi connectivity index (χ0n) is 16.6. The van der Waals surface area contributed by atoms with Crippen LogP contribution in [0.3, 0.4) is 0 Å². The van der Waals surface area contributed by atoms with Gasteiger partial charge in [-0.3, -0.25) is 9.59 Å². The van der Waals surface area contributed by atoms with E-state index in [1.165, 1.54) is 0 Å². The number of hydrogen-bond acceptors (Lipinski definition) is 4. The molecule has 1 N–H and O–H groups in total. The highest BCUT2D eigenvalue weighted by Crippen LogP contribution is 2.23. The molecule has 2 heterocycles. The first kappa shape index (κ1) is 20.2. The lowest BCUT2D eigenvalue weighted by Gasteiger charge is -2.35. The van der Waals surface area contributed by atoms with Crippen LogP contribution >= 0.6 is 11.6 Å². The number of carbonyl (C=O) groups excluding carboxylic acids is 2. The molecule has 1 aliphatic rings. The molecule has 1 aromatic heterocycles. The monoisotopic (exact) mass is 422 g/mol. The van der Waals surface area contributed by atoms with Gasteiger partial charge in [-0.05, 0) is 28.5 Å². The average molecular weight is 423 g/mol. The van der Waals surface area contributed by atoms with Gasteiger partial charge in [0.1, 0.15) is 5.82 Å². The maximum atomic E-state index is 12.5. The molecule has 0 unspecified atom stereocenters. The Bertz CT molecular complexity index is 1060. The minimum absolute atomic E-state index is 0.00788. The zero-order valence-corrected chi connectivity index (χ0v) is 17.3. The number of rotatable bonds is 5. The molecule has 2 amide bonds. The van der Waals surface area contributed by atoms with E-state index in [1.807, 2.05) is 48.5 Å². The van der Waals surface area contributed by atoms with Crippen LogP contribution in [0.15, 0.2) is 60.8 Å². The number of pyridine rings is 1. The molecule has 0 aliphatic carbocycles. The predicted octanol–water partition coefficient (Wildman–Crippen LogP) is 2.90. The maximum Gasteiger partial charge on any atom is 0.242 e. The third-order valence-corrected chi connectivity index (χ3v) is 5.63. The van der Waals surface area contributed by atoms with Crippen LogP contribution in [0.1, 0.15) is 5.56 Å². The molecule has 3 aromatic rings. The molecule has 1 fully saturated rings. The highest BCUT2D eigenvalue weighted by atomic mass is 35.5. The van der Waals surface area contributed by atoms with Crippen LogP contribution in [0.5, 0.6) is 0 Å². The van der Waals surface area contributed by atoms with Crippen LogP contribution in [0.2, 0.25) is 5.02 Å². The van der Waals surface area contributed by atoms with E-state index in [0.29, 0.717) is 31.2 Å². The van der Waals surface area contributed by atoms with Gasteiger partial charge in [0.05, 0.1) is 18.0 Å². The number of hydrogen-bond donors (Lipinski definition) is 1. The van der Waals surface area contributed by atoms with E-state index < -0.39 is 0 Å². The van der Waals surface area contributed by atoms with Gasteiger partial charge in [-0.25, -0.2) is 4.98 Å². The second-order valence-corrected chi connectivity index (χ2v) is 7.68. The van der Waals surface area contributed by atoms with Crippen molar-refractivity contribution in [3.05, 3.63) is 71.4 Å². The number of piperazine rings is 1. The summed E-state index contributed by atoms with van der Waals surface area (Å²) >= 11 is 6.21. The number of amides is 2. The number of nitrogens with one attached hydrogen (secondary N) is 1. The fourth-order valence-electron chi connectivity index (χ4n) is 3.75. The van der Waals surface area contributed by atoms with Crippen molar-refractivity contribution >= 4 is 40.0 Å². The van der Waals surface area contributed by atoms with Crippen molar-refractivity contribution in [2.75, 3.05) is 37.6 Å². The third-order valence-electron chi connectivity index (χ3n) is 5.34. The fraction of sp³-hybridized carbons (Fsp3) is 0.261. The molecule has 2 aromatic carbocycles. The number of carbonyl (C=O) groups is 2. The molecule has 6 nitrogen and oxygen atoms in total. The Morgan fingerprint density at radius 3 is 2.53 bits per heavy atom. The first-order valence-electron chi connectivity index (χ1n) is 9.98. The summed E-state index contributed by atoms with van der Waals surface area (Å²) in [5, 5.41) is 5.54. The second kappa shape index (κ2) is 9.13. The van der Waals surface area contributed by atoms with Gasteiger partial charge >= 0.3 is 0 Å². The van der Waals surface area contributed by atoms with E-state index in [2.05, 4.69) is 15.2 Å². The van der Waals surface area contributed by atoms with Crippen molar-refractivity contribution in [2.24, 2.45) is 0 Å². The van der Waals surface area contributed by atoms with E-state index >= 15 is 0 Å². The lowest BCUT2D eigenvalue weighted by Crippen LogP contribution is -2.51. The molecule has 0 atom stereocenters. The standard InChI is InChI=1S/C23H23ClN4O2/c24-20-9-4-10-25-23(20)28-13-11-27(12-14-28)22(30)16-26-21(29)15-18-7-3-6-17-5-1-2-8-19(17)18/h1-10H,11-16H2,(H,26,29). The van der Waals surface area contributed by atoms with Gasteiger partial charge in [-0.15, -0.1) is 0 Å².